The van der Waals surface area contributed by atoms with Crippen LogP contribution < -0.4 is 10.9 Å². The van der Waals surface area contributed by atoms with Gasteiger partial charge < -0.3 is 5.32 Å². The predicted molar refractivity (Wildman–Crippen MR) is 103 cm³/mol. The summed E-state index contributed by atoms with van der Waals surface area (Å²) in [5.74, 6) is -0.319. The molecule has 0 unspecified atom stereocenters. The number of nitrogens with one attached hydrogen (secondary N) is 1. The van der Waals surface area contributed by atoms with Crippen molar-refractivity contribution in [2.24, 2.45) is 0 Å². The van der Waals surface area contributed by atoms with Crippen molar-refractivity contribution < 1.29 is 4.79 Å². The number of hydrogen-bond donors (Lipinski definition) is 1. The normalized spacial score (nSPS) is 10.9. The molecule has 0 aliphatic carbocycles. The standard InChI is InChI=1S/C20H17N5O2/c1-14-17-12-21-25(16-10-6-3-7-11-16)19(17)20(27)24(23-14)13-18(26)22-15-8-4-2-5-9-15/h2-12H,13H2,1H3,(H,22,26). The second kappa shape index (κ2) is 6.87. The van der Waals surface area contributed by atoms with Gasteiger partial charge in [-0.25, -0.2) is 9.36 Å². The van der Waals surface area contributed by atoms with Gasteiger partial charge in [0.1, 0.15) is 12.1 Å². The number of benzene rings is 2. The average Bonchev–Trinajstić information content (AvgIpc) is 3.13. The molecule has 2 heterocycles. The molecule has 0 spiro atoms. The molecular weight excluding hydrogens is 342 g/mol. The molecule has 0 aliphatic heterocycles. The zero-order valence-electron chi connectivity index (χ0n) is 14.7. The van der Waals surface area contributed by atoms with Crippen molar-refractivity contribution in [3.63, 3.8) is 0 Å². The topological polar surface area (TPSA) is 81.8 Å². The Hall–Kier alpha value is -3.74. The molecule has 1 amide bonds. The number of aromatic nitrogens is 4. The average molecular weight is 359 g/mol. The quantitative estimate of drug-likeness (QED) is 0.607. The van der Waals surface area contributed by atoms with Gasteiger partial charge in [0, 0.05) is 11.1 Å². The molecule has 0 saturated heterocycles. The zero-order chi connectivity index (χ0) is 18.8. The van der Waals surface area contributed by atoms with Crippen LogP contribution in [0.1, 0.15) is 5.69 Å². The molecule has 27 heavy (non-hydrogen) atoms. The lowest BCUT2D eigenvalue weighted by atomic mass is 10.2. The molecule has 4 aromatic rings. The Morgan fingerprint density at radius 2 is 1.70 bits per heavy atom. The summed E-state index contributed by atoms with van der Waals surface area (Å²) in [5.41, 5.74) is 2.12. The number of para-hydroxylation sites is 2. The second-order valence-electron chi connectivity index (χ2n) is 6.12. The van der Waals surface area contributed by atoms with Crippen LogP contribution in [0.25, 0.3) is 16.6 Å². The van der Waals surface area contributed by atoms with E-state index in [1.165, 1.54) is 4.68 Å². The summed E-state index contributed by atoms with van der Waals surface area (Å²) in [5, 5.41) is 12.1. The van der Waals surface area contributed by atoms with Gasteiger partial charge in [0.2, 0.25) is 5.91 Å². The molecule has 0 bridgehead atoms. The number of hydrogen-bond acceptors (Lipinski definition) is 4. The van der Waals surface area contributed by atoms with E-state index in [1.807, 2.05) is 48.5 Å². The molecule has 134 valence electrons. The van der Waals surface area contributed by atoms with Crippen molar-refractivity contribution >= 4 is 22.5 Å². The highest BCUT2D eigenvalue weighted by molar-refractivity contribution is 5.90. The summed E-state index contributed by atoms with van der Waals surface area (Å²) in [6.45, 7) is 1.62. The van der Waals surface area contributed by atoms with Gasteiger partial charge in [-0.15, -0.1) is 0 Å². The van der Waals surface area contributed by atoms with E-state index in [2.05, 4.69) is 15.5 Å². The van der Waals surface area contributed by atoms with Crippen LogP contribution in [0.3, 0.4) is 0 Å². The number of fused-ring (bicyclic) bond motifs is 1. The first-order valence-electron chi connectivity index (χ1n) is 8.49. The minimum Gasteiger partial charge on any atom is -0.324 e. The number of carbonyl (C=O) groups excluding carboxylic acids is 1. The van der Waals surface area contributed by atoms with E-state index in [-0.39, 0.29) is 18.0 Å². The summed E-state index contributed by atoms with van der Waals surface area (Å²) in [4.78, 5) is 25.3. The van der Waals surface area contributed by atoms with Crippen LogP contribution in [0, 0.1) is 6.92 Å². The third kappa shape index (κ3) is 3.22. The highest BCUT2D eigenvalue weighted by Crippen LogP contribution is 2.16. The molecule has 1 N–H and O–H groups in total. The van der Waals surface area contributed by atoms with E-state index in [0.29, 0.717) is 22.3 Å². The van der Waals surface area contributed by atoms with Crippen LogP contribution in [0.5, 0.6) is 0 Å². The Morgan fingerprint density at radius 1 is 1.04 bits per heavy atom. The molecule has 2 aromatic carbocycles. The maximum absolute atomic E-state index is 13.0. The van der Waals surface area contributed by atoms with Crippen LogP contribution >= 0.6 is 0 Å². The lowest BCUT2D eigenvalue weighted by molar-refractivity contribution is -0.117. The second-order valence-corrected chi connectivity index (χ2v) is 6.12. The maximum atomic E-state index is 13.0. The third-order valence-corrected chi connectivity index (χ3v) is 4.22. The third-order valence-electron chi connectivity index (χ3n) is 4.22. The predicted octanol–water partition coefficient (Wildman–Crippen LogP) is 2.53. The number of rotatable bonds is 4. The summed E-state index contributed by atoms with van der Waals surface area (Å²) < 4.78 is 2.76. The molecule has 0 aliphatic rings. The SMILES string of the molecule is Cc1nn(CC(=O)Nc2ccccc2)c(=O)c2c1cnn2-c1ccccc1. The number of anilines is 1. The summed E-state index contributed by atoms with van der Waals surface area (Å²) in [7, 11) is 0. The van der Waals surface area contributed by atoms with E-state index in [9.17, 15) is 9.59 Å². The van der Waals surface area contributed by atoms with E-state index in [1.54, 1.807) is 29.9 Å². The Kier molecular flexibility index (Phi) is 4.25. The largest absolute Gasteiger partial charge is 0.324 e. The fourth-order valence-corrected chi connectivity index (χ4v) is 2.95. The van der Waals surface area contributed by atoms with Crippen LogP contribution in [-0.4, -0.2) is 25.5 Å². The van der Waals surface area contributed by atoms with Crippen LogP contribution in [0.2, 0.25) is 0 Å². The molecule has 0 saturated carbocycles. The van der Waals surface area contributed by atoms with Gasteiger partial charge in [-0.3, -0.25) is 9.59 Å². The fraction of sp³-hybridized carbons (Fsp3) is 0.100. The van der Waals surface area contributed by atoms with Crippen molar-refractivity contribution in [3.8, 4) is 5.69 Å². The van der Waals surface area contributed by atoms with Gasteiger partial charge >= 0.3 is 0 Å². The van der Waals surface area contributed by atoms with E-state index in [4.69, 9.17) is 0 Å². The Morgan fingerprint density at radius 3 is 2.41 bits per heavy atom. The molecule has 0 fully saturated rings. The van der Waals surface area contributed by atoms with Crippen LogP contribution in [0.15, 0.2) is 71.7 Å². The summed E-state index contributed by atoms with van der Waals surface area (Å²) >= 11 is 0. The number of amides is 1. The van der Waals surface area contributed by atoms with Crippen molar-refractivity contribution in [2.75, 3.05) is 5.32 Å². The Labute approximate surface area is 154 Å². The van der Waals surface area contributed by atoms with Gasteiger partial charge in [-0.1, -0.05) is 36.4 Å². The molecule has 0 radical (unpaired) electrons. The molecule has 0 atom stereocenters. The number of nitrogens with zero attached hydrogens (tertiary/aromatic N) is 4. The van der Waals surface area contributed by atoms with Gasteiger partial charge in [-0.05, 0) is 31.2 Å². The molecule has 7 nitrogen and oxygen atoms in total. The first-order valence-corrected chi connectivity index (χ1v) is 8.49. The molecule has 4 rings (SSSR count). The van der Waals surface area contributed by atoms with Gasteiger partial charge in [0.05, 0.1) is 17.6 Å². The van der Waals surface area contributed by atoms with E-state index >= 15 is 0 Å². The minimum atomic E-state index is -0.361. The lowest BCUT2D eigenvalue weighted by Crippen LogP contribution is -2.31. The highest BCUT2D eigenvalue weighted by atomic mass is 16.2. The molecule has 7 heteroatoms. The Balaban J connectivity index is 1.73. The highest BCUT2D eigenvalue weighted by Gasteiger charge is 2.16. The Bertz CT molecular complexity index is 1160. The molecular formula is C20H17N5O2. The zero-order valence-corrected chi connectivity index (χ0v) is 14.7. The van der Waals surface area contributed by atoms with E-state index < -0.39 is 0 Å². The summed E-state index contributed by atoms with van der Waals surface area (Å²) in [6.07, 6.45) is 1.63. The number of aryl methyl sites for hydroxylation is 1. The van der Waals surface area contributed by atoms with Crippen LogP contribution in [-0.2, 0) is 11.3 Å². The van der Waals surface area contributed by atoms with Gasteiger partial charge in [0.15, 0.2) is 0 Å². The summed E-state index contributed by atoms with van der Waals surface area (Å²) in [6, 6.07) is 18.5. The van der Waals surface area contributed by atoms with E-state index in [0.717, 1.165) is 5.69 Å². The fourth-order valence-electron chi connectivity index (χ4n) is 2.95. The smallest absolute Gasteiger partial charge is 0.293 e. The van der Waals surface area contributed by atoms with Crippen molar-refractivity contribution in [3.05, 3.63) is 82.9 Å². The first kappa shape index (κ1) is 16.7. The van der Waals surface area contributed by atoms with Crippen molar-refractivity contribution in [1.29, 1.82) is 0 Å². The van der Waals surface area contributed by atoms with Crippen molar-refractivity contribution in [2.45, 2.75) is 13.5 Å². The lowest BCUT2D eigenvalue weighted by Gasteiger charge is -2.09. The minimum absolute atomic E-state index is 0.176. The van der Waals surface area contributed by atoms with Crippen molar-refractivity contribution in [1.82, 2.24) is 19.6 Å². The first-order chi connectivity index (χ1) is 13.1. The molecule has 2 aromatic heterocycles. The van der Waals surface area contributed by atoms with Gasteiger partial charge in [-0.2, -0.15) is 10.2 Å². The van der Waals surface area contributed by atoms with Gasteiger partial charge in [0.25, 0.3) is 5.56 Å². The number of carbonyl (C=O) groups is 1. The maximum Gasteiger partial charge on any atom is 0.293 e. The monoisotopic (exact) mass is 359 g/mol. The van der Waals surface area contributed by atoms with Crippen LogP contribution in [0.4, 0.5) is 5.69 Å².